The van der Waals surface area contributed by atoms with Crippen molar-refractivity contribution in [1.29, 1.82) is 0 Å². The van der Waals surface area contributed by atoms with E-state index in [4.69, 9.17) is 11.3 Å². The molecule has 0 aromatic heterocycles. The number of nitrogens with zero attached hydrogens (tertiary/aromatic N) is 1. The van der Waals surface area contributed by atoms with Crippen LogP contribution in [-0.4, -0.2) is 15.5 Å². The first-order chi connectivity index (χ1) is 9.98. The fraction of sp³-hybridized carbons (Fsp3) is 0.188. The second-order valence-electron chi connectivity index (χ2n) is 4.62. The zero-order valence-corrected chi connectivity index (χ0v) is 12.6. The first kappa shape index (κ1) is 15.1. The highest BCUT2D eigenvalue weighted by Gasteiger charge is 2.34. The normalized spacial score (nSPS) is 12.4. The molecule has 5 heteroatoms. The minimum Gasteiger partial charge on any atom is -0.497 e. The third-order valence-corrected chi connectivity index (χ3v) is 5.03. The van der Waals surface area contributed by atoms with Crippen LogP contribution in [0.1, 0.15) is 16.5 Å². The van der Waals surface area contributed by atoms with Crippen LogP contribution in [-0.2, 0) is 9.84 Å². The van der Waals surface area contributed by atoms with Gasteiger partial charge in [-0.3, -0.25) is 4.85 Å². The molecule has 0 saturated heterocycles. The summed E-state index contributed by atoms with van der Waals surface area (Å²) in [6.45, 7) is 9.16. The van der Waals surface area contributed by atoms with Crippen LogP contribution in [0.25, 0.3) is 4.85 Å². The van der Waals surface area contributed by atoms with Gasteiger partial charge in [-0.2, -0.15) is 0 Å². The zero-order valence-electron chi connectivity index (χ0n) is 11.8. The summed E-state index contributed by atoms with van der Waals surface area (Å²) in [7, 11) is -2.26. The molecule has 0 saturated carbocycles. The first-order valence-electron chi connectivity index (χ1n) is 6.30. The van der Waals surface area contributed by atoms with E-state index >= 15 is 0 Å². The quantitative estimate of drug-likeness (QED) is 0.813. The molecule has 0 aliphatic heterocycles. The first-order valence-corrected chi connectivity index (χ1v) is 7.85. The second-order valence-corrected chi connectivity index (χ2v) is 6.62. The summed E-state index contributed by atoms with van der Waals surface area (Å²) in [5.41, 5.74) is 1.37. The van der Waals surface area contributed by atoms with Crippen LogP contribution in [0, 0.1) is 13.5 Å². The molecule has 0 aliphatic carbocycles. The number of methoxy groups -OCH3 is 1. The molecule has 4 nitrogen and oxygen atoms in total. The molecule has 0 heterocycles. The Kier molecular flexibility index (Phi) is 4.29. The summed E-state index contributed by atoms with van der Waals surface area (Å²) >= 11 is 0. The fourth-order valence-corrected chi connectivity index (χ4v) is 3.39. The standard InChI is InChI=1S/C16H15NO3S/c1-12-7-9-15(10-8-12)21(18,19)16(17-2)13-5-4-6-14(11-13)20-3/h4-11,16H,1,3H3/t16-/m1/s1. The van der Waals surface area contributed by atoms with Crippen LogP contribution in [0.4, 0.5) is 0 Å². The SMILES string of the molecule is [C-]#[N+][C@@H](c1cccc(OC)c1)S(=O)(=O)c1ccc(C)cc1. The Balaban J connectivity index is 2.49. The molecular weight excluding hydrogens is 286 g/mol. The van der Waals surface area contributed by atoms with Gasteiger partial charge in [0.25, 0.3) is 9.84 Å². The topological polar surface area (TPSA) is 47.7 Å². The monoisotopic (exact) mass is 301 g/mol. The maximum atomic E-state index is 12.6. The lowest BCUT2D eigenvalue weighted by molar-refractivity contribution is 0.414. The highest BCUT2D eigenvalue weighted by atomic mass is 32.2. The van der Waals surface area contributed by atoms with Crippen LogP contribution < -0.4 is 4.74 Å². The molecule has 0 amide bonds. The van der Waals surface area contributed by atoms with Gasteiger partial charge in [0.2, 0.25) is 0 Å². The molecule has 1 atom stereocenters. The van der Waals surface area contributed by atoms with Crippen molar-refractivity contribution in [2.45, 2.75) is 17.2 Å². The lowest BCUT2D eigenvalue weighted by Gasteiger charge is -2.09. The van der Waals surface area contributed by atoms with Crippen molar-refractivity contribution in [3.8, 4) is 5.75 Å². The van der Waals surface area contributed by atoms with Gasteiger partial charge in [-0.15, -0.1) is 0 Å². The molecule has 0 fully saturated rings. The maximum Gasteiger partial charge on any atom is 0.350 e. The Morgan fingerprint density at radius 3 is 2.38 bits per heavy atom. The lowest BCUT2D eigenvalue weighted by atomic mass is 10.2. The summed E-state index contributed by atoms with van der Waals surface area (Å²) in [5, 5.41) is -1.27. The number of sulfone groups is 1. The van der Waals surface area contributed by atoms with Crippen LogP contribution in [0.5, 0.6) is 5.75 Å². The van der Waals surface area contributed by atoms with Gasteiger partial charge >= 0.3 is 5.37 Å². The molecule has 0 spiro atoms. The number of hydrogen-bond donors (Lipinski definition) is 0. The number of benzene rings is 2. The molecular formula is C16H15NO3S. The van der Waals surface area contributed by atoms with E-state index in [9.17, 15) is 8.42 Å². The van der Waals surface area contributed by atoms with Gasteiger partial charge in [-0.1, -0.05) is 23.8 Å². The summed E-state index contributed by atoms with van der Waals surface area (Å²) in [4.78, 5) is 3.46. The third-order valence-electron chi connectivity index (χ3n) is 3.14. The number of hydrogen-bond acceptors (Lipinski definition) is 3. The summed E-state index contributed by atoms with van der Waals surface area (Å²) in [5.74, 6) is 0.528. The van der Waals surface area contributed by atoms with Crippen molar-refractivity contribution in [3.05, 3.63) is 71.1 Å². The summed E-state index contributed by atoms with van der Waals surface area (Å²) in [6.07, 6.45) is 0. The molecule has 0 N–H and O–H groups in total. The van der Waals surface area contributed by atoms with Crippen LogP contribution in [0.15, 0.2) is 53.4 Å². The molecule has 0 aliphatic rings. The van der Waals surface area contributed by atoms with E-state index in [2.05, 4.69) is 4.85 Å². The van der Waals surface area contributed by atoms with Gasteiger partial charge < -0.3 is 4.74 Å². The van der Waals surface area contributed by atoms with Crippen molar-refractivity contribution in [2.24, 2.45) is 0 Å². The van der Waals surface area contributed by atoms with Crippen molar-refractivity contribution in [3.63, 3.8) is 0 Å². The van der Waals surface area contributed by atoms with Gasteiger partial charge in [-0.25, -0.2) is 15.0 Å². The average Bonchev–Trinajstić information content (AvgIpc) is 2.48. The highest BCUT2D eigenvalue weighted by molar-refractivity contribution is 7.91. The van der Waals surface area contributed by atoms with E-state index in [-0.39, 0.29) is 4.90 Å². The largest absolute Gasteiger partial charge is 0.497 e. The predicted molar refractivity (Wildman–Crippen MR) is 80.7 cm³/mol. The second kappa shape index (κ2) is 5.98. The minimum absolute atomic E-state index is 0.150. The van der Waals surface area contributed by atoms with E-state index < -0.39 is 15.2 Å². The van der Waals surface area contributed by atoms with E-state index in [0.29, 0.717) is 11.3 Å². The van der Waals surface area contributed by atoms with E-state index in [1.165, 1.54) is 19.2 Å². The van der Waals surface area contributed by atoms with Gasteiger partial charge in [0.1, 0.15) is 5.75 Å². The Labute approximate surface area is 124 Å². The van der Waals surface area contributed by atoms with Crippen molar-refractivity contribution < 1.29 is 13.2 Å². The average molecular weight is 301 g/mol. The number of aryl methyl sites for hydroxylation is 1. The highest BCUT2D eigenvalue weighted by Crippen LogP contribution is 2.31. The van der Waals surface area contributed by atoms with Crippen LogP contribution in [0.3, 0.4) is 0 Å². The molecule has 0 radical (unpaired) electrons. The van der Waals surface area contributed by atoms with Gasteiger partial charge in [-0.05, 0) is 37.3 Å². The molecule has 0 bridgehead atoms. The molecule has 2 aromatic rings. The molecule has 0 unspecified atom stereocenters. The number of rotatable bonds is 4. The lowest BCUT2D eigenvalue weighted by Crippen LogP contribution is -2.10. The Morgan fingerprint density at radius 2 is 1.81 bits per heavy atom. The molecule has 108 valence electrons. The third kappa shape index (κ3) is 3.06. The van der Waals surface area contributed by atoms with E-state index in [1.807, 2.05) is 6.92 Å². The van der Waals surface area contributed by atoms with Gasteiger partial charge in [0.05, 0.1) is 17.6 Å². The van der Waals surface area contributed by atoms with E-state index in [0.717, 1.165) is 5.56 Å². The molecule has 2 aromatic carbocycles. The fourth-order valence-electron chi connectivity index (χ4n) is 1.98. The van der Waals surface area contributed by atoms with Crippen molar-refractivity contribution in [1.82, 2.24) is 0 Å². The van der Waals surface area contributed by atoms with E-state index in [1.54, 1.807) is 36.4 Å². The summed E-state index contributed by atoms with van der Waals surface area (Å²) in [6, 6.07) is 13.1. The van der Waals surface area contributed by atoms with Crippen LogP contribution >= 0.6 is 0 Å². The zero-order chi connectivity index (χ0) is 15.5. The Morgan fingerprint density at radius 1 is 1.14 bits per heavy atom. The molecule has 21 heavy (non-hydrogen) atoms. The van der Waals surface area contributed by atoms with Gasteiger partial charge in [0, 0.05) is 0 Å². The smallest absolute Gasteiger partial charge is 0.350 e. The Hall–Kier alpha value is -2.32. The van der Waals surface area contributed by atoms with Crippen molar-refractivity contribution >= 4 is 9.84 Å². The maximum absolute atomic E-state index is 12.6. The predicted octanol–water partition coefficient (Wildman–Crippen LogP) is 3.40. The summed E-state index contributed by atoms with van der Waals surface area (Å²) < 4.78 is 30.3. The minimum atomic E-state index is -3.76. The van der Waals surface area contributed by atoms with Crippen molar-refractivity contribution in [2.75, 3.05) is 7.11 Å². The van der Waals surface area contributed by atoms with Crippen LogP contribution in [0.2, 0.25) is 0 Å². The molecule has 2 rings (SSSR count). The van der Waals surface area contributed by atoms with Gasteiger partial charge in [0.15, 0.2) is 0 Å². The Bertz CT molecular complexity index is 774. The number of ether oxygens (including phenoxy) is 1.